The van der Waals surface area contributed by atoms with Crippen molar-refractivity contribution in [3.8, 4) is 6.07 Å². The number of nitrogens with zero attached hydrogens (tertiary/aromatic N) is 4. The van der Waals surface area contributed by atoms with E-state index in [0.717, 1.165) is 25.3 Å². The maximum absolute atomic E-state index is 9.04. The van der Waals surface area contributed by atoms with Crippen LogP contribution in [0.5, 0.6) is 0 Å². The van der Waals surface area contributed by atoms with Gasteiger partial charge in [0.2, 0.25) is 0 Å². The summed E-state index contributed by atoms with van der Waals surface area (Å²) >= 11 is 1.21. The third-order valence-corrected chi connectivity index (χ3v) is 4.18. The first-order valence-electron chi connectivity index (χ1n) is 7.89. The van der Waals surface area contributed by atoms with E-state index in [2.05, 4.69) is 50.3 Å². The van der Waals surface area contributed by atoms with E-state index in [1.165, 1.54) is 17.1 Å². The minimum atomic E-state index is 0.520. The number of anilines is 1. The second-order valence-electron chi connectivity index (χ2n) is 5.10. The molecule has 0 atom stereocenters. The topological polar surface area (TPSA) is 82.7 Å². The number of benzene rings is 1. The lowest BCUT2D eigenvalue weighted by atomic mass is 10.1. The highest BCUT2D eigenvalue weighted by Crippen LogP contribution is 2.26. The minimum Gasteiger partial charge on any atom is -0.383 e. The zero-order valence-corrected chi connectivity index (χ0v) is 14.8. The summed E-state index contributed by atoms with van der Waals surface area (Å²) in [5.74, 6) is 0. The van der Waals surface area contributed by atoms with Gasteiger partial charge in [-0.25, -0.2) is 0 Å². The molecule has 0 saturated heterocycles. The summed E-state index contributed by atoms with van der Waals surface area (Å²) in [7, 11) is 0. The molecule has 2 rings (SSSR count). The molecule has 0 aliphatic rings. The zero-order chi connectivity index (χ0) is 17.2. The maximum atomic E-state index is 9.04. The number of hydrogen-bond acceptors (Lipinski definition) is 7. The first kappa shape index (κ1) is 18.0. The molecule has 2 aromatic rings. The van der Waals surface area contributed by atoms with Crippen LogP contribution in [-0.2, 0) is 11.2 Å². The lowest BCUT2D eigenvalue weighted by Crippen LogP contribution is -2.09. The lowest BCUT2D eigenvalue weighted by molar-refractivity contribution is 0.158. The van der Waals surface area contributed by atoms with Crippen molar-refractivity contribution in [2.45, 2.75) is 20.3 Å². The van der Waals surface area contributed by atoms with E-state index in [0.29, 0.717) is 29.4 Å². The Morgan fingerprint density at radius 1 is 1.33 bits per heavy atom. The number of aryl methyl sites for hydroxylation is 1. The highest BCUT2D eigenvalue weighted by Gasteiger charge is 2.08. The molecule has 1 aromatic heterocycles. The lowest BCUT2D eigenvalue weighted by Gasteiger charge is -2.07. The number of hydrogen-bond donors (Lipinski definition) is 1. The van der Waals surface area contributed by atoms with Gasteiger partial charge in [0.25, 0.3) is 0 Å². The standard InChI is InChI=1S/C17H21N5OS/c1-3-23-11-10-19-15-6-4-14(5-7-15)8-9-20-21-17-16(12-18)13(2)22-24-17/h4-7,19H,3,8-11H2,1-2H3. The quantitative estimate of drug-likeness (QED) is 0.549. The average molecular weight is 343 g/mol. The summed E-state index contributed by atoms with van der Waals surface area (Å²) in [4.78, 5) is 0. The van der Waals surface area contributed by atoms with Gasteiger partial charge in [-0.3, -0.25) is 0 Å². The van der Waals surface area contributed by atoms with Crippen molar-refractivity contribution in [1.82, 2.24) is 4.37 Å². The number of ether oxygens (including phenoxy) is 1. The van der Waals surface area contributed by atoms with Gasteiger partial charge in [0.15, 0.2) is 5.00 Å². The van der Waals surface area contributed by atoms with Crippen LogP contribution in [-0.4, -0.2) is 30.7 Å². The van der Waals surface area contributed by atoms with Crippen LogP contribution < -0.4 is 5.32 Å². The van der Waals surface area contributed by atoms with E-state index in [1.54, 1.807) is 6.92 Å². The molecule has 0 radical (unpaired) electrons. The van der Waals surface area contributed by atoms with Crippen molar-refractivity contribution in [1.29, 1.82) is 5.26 Å². The summed E-state index contributed by atoms with van der Waals surface area (Å²) < 4.78 is 9.41. The molecule has 0 fully saturated rings. The second-order valence-corrected chi connectivity index (χ2v) is 5.85. The molecule has 24 heavy (non-hydrogen) atoms. The van der Waals surface area contributed by atoms with Crippen molar-refractivity contribution in [3.05, 3.63) is 41.1 Å². The fraction of sp³-hybridized carbons (Fsp3) is 0.412. The summed E-state index contributed by atoms with van der Waals surface area (Å²) in [5.41, 5.74) is 3.51. The highest BCUT2D eigenvalue weighted by atomic mass is 32.1. The molecule has 0 bridgehead atoms. The fourth-order valence-electron chi connectivity index (χ4n) is 2.05. The van der Waals surface area contributed by atoms with Gasteiger partial charge in [-0.2, -0.15) is 14.7 Å². The molecule has 7 heteroatoms. The average Bonchev–Trinajstić information content (AvgIpc) is 2.96. The second kappa shape index (κ2) is 9.75. The predicted octanol–water partition coefficient (Wildman–Crippen LogP) is 4.10. The Labute approximate surface area is 146 Å². The Hall–Kier alpha value is -2.30. The van der Waals surface area contributed by atoms with Gasteiger partial charge >= 0.3 is 0 Å². The van der Waals surface area contributed by atoms with Crippen LogP contribution >= 0.6 is 11.5 Å². The van der Waals surface area contributed by atoms with E-state index >= 15 is 0 Å². The van der Waals surface area contributed by atoms with Gasteiger partial charge in [0.1, 0.15) is 11.6 Å². The van der Waals surface area contributed by atoms with E-state index in [-0.39, 0.29) is 0 Å². The number of azo groups is 1. The normalized spacial score (nSPS) is 10.9. The summed E-state index contributed by atoms with van der Waals surface area (Å²) in [6.45, 7) is 6.63. The van der Waals surface area contributed by atoms with Gasteiger partial charge in [-0.15, -0.1) is 5.11 Å². The van der Waals surface area contributed by atoms with Crippen molar-refractivity contribution < 1.29 is 4.74 Å². The molecule has 0 unspecified atom stereocenters. The van der Waals surface area contributed by atoms with Gasteiger partial charge in [-0.05, 0) is 49.5 Å². The molecule has 6 nitrogen and oxygen atoms in total. The SMILES string of the molecule is CCOCCNc1ccc(CCN=Nc2snc(C)c2C#N)cc1. The number of nitriles is 1. The molecule has 1 N–H and O–H groups in total. The monoisotopic (exact) mass is 343 g/mol. The number of rotatable bonds is 9. The third kappa shape index (κ3) is 5.41. The Kier molecular flexibility index (Phi) is 7.33. The van der Waals surface area contributed by atoms with E-state index in [9.17, 15) is 0 Å². The molecule has 0 spiro atoms. The number of nitrogens with one attached hydrogen (secondary N) is 1. The van der Waals surface area contributed by atoms with Crippen LogP contribution in [0.25, 0.3) is 0 Å². The zero-order valence-electron chi connectivity index (χ0n) is 14.0. The summed E-state index contributed by atoms with van der Waals surface area (Å²) in [5, 5.41) is 21.2. The van der Waals surface area contributed by atoms with Gasteiger partial charge in [0, 0.05) is 18.8 Å². The molecule has 0 aliphatic carbocycles. The molecule has 1 heterocycles. The van der Waals surface area contributed by atoms with Crippen molar-refractivity contribution in [3.63, 3.8) is 0 Å². The smallest absolute Gasteiger partial charge is 0.176 e. The third-order valence-electron chi connectivity index (χ3n) is 3.35. The molecule has 0 saturated carbocycles. The number of aromatic nitrogens is 1. The van der Waals surface area contributed by atoms with Gasteiger partial charge in [-0.1, -0.05) is 12.1 Å². The summed E-state index contributed by atoms with van der Waals surface area (Å²) in [6, 6.07) is 10.4. The Bertz CT molecular complexity index is 703. The first-order valence-corrected chi connectivity index (χ1v) is 8.66. The largest absolute Gasteiger partial charge is 0.383 e. The minimum absolute atomic E-state index is 0.520. The predicted molar refractivity (Wildman–Crippen MR) is 96.1 cm³/mol. The summed E-state index contributed by atoms with van der Waals surface area (Å²) in [6.07, 6.45) is 0.808. The molecule has 126 valence electrons. The molecular formula is C17H21N5OS. The van der Waals surface area contributed by atoms with Crippen LogP contribution in [0.2, 0.25) is 0 Å². The molecule has 0 aliphatic heterocycles. The Morgan fingerprint density at radius 2 is 2.12 bits per heavy atom. The van der Waals surface area contributed by atoms with Gasteiger partial charge in [0.05, 0.1) is 18.8 Å². The van der Waals surface area contributed by atoms with Crippen LogP contribution in [0.15, 0.2) is 34.5 Å². The fourth-order valence-corrected chi connectivity index (χ4v) is 2.74. The maximum Gasteiger partial charge on any atom is 0.176 e. The van der Waals surface area contributed by atoms with Gasteiger partial charge < -0.3 is 10.1 Å². The van der Waals surface area contributed by atoms with E-state index in [1.807, 2.05) is 6.92 Å². The molecule has 0 amide bonds. The van der Waals surface area contributed by atoms with E-state index < -0.39 is 0 Å². The highest BCUT2D eigenvalue weighted by molar-refractivity contribution is 7.10. The molecule has 1 aromatic carbocycles. The van der Waals surface area contributed by atoms with Crippen molar-refractivity contribution >= 4 is 22.2 Å². The van der Waals surface area contributed by atoms with Crippen molar-refractivity contribution in [2.75, 3.05) is 31.6 Å². The van der Waals surface area contributed by atoms with E-state index in [4.69, 9.17) is 10.00 Å². The van der Waals surface area contributed by atoms with Crippen LogP contribution in [0.3, 0.4) is 0 Å². The Morgan fingerprint density at radius 3 is 2.83 bits per heavy atom. The Balaban J connectivity index is 1.78. The van der Waals surface area contributed by atoms with Crippen LogP contribution in [0.4, 0.5) is 10.7 Å². The van der Waals surface area contributed by atoms with Crippen molar-refractivity contribution in [2.24, 2.45) is 10.2 Å². The van der Waals surface area contributed by atoms with Crippen LogP contribution in [0, 0.1) is 18.3 Å². The first-order chi connectivity index (χ1) is 11.7. The molecular weight excluding hydrogens is 322 g/mol. The van der Waals surface area contributed by atoms with Crippen LogP contribution in [0.1, 0.15) is 23.7 Å².